The number of allylic oxidation sites excluding steroid dienone is 7. The molecule has 45 heavy (non-hydrogen) atoms. The van der Waals surface area contributed by atoms with Crippen molar-refractivity contribution in [2.45, 2.75) is 51.1 Å². The molecular weight excluding hydrogens is 600 g/mol. The van der Waals surface area contributed by atoms with Crippen LogP contribution in [0.15, 0.2) is 119 Å². The molecule has 0 N–H and O–H groups in total. The molecule has 0 fully saturated rings. The van der Waals surface area contributed by atoms with E-state index in [0.717, 1.165) is 63.7 Å². The van der Waals surface area contributed by atoms with Gasteiger partial charge in [0.05, 0.1) is 5.38 Å². The number of hydrogen-bond acceptors (Lipinski definition) is 5. The van der Waals surface area contributed by atoms with E-state index in [1.54, 1.807) is 11.8 Å². The van der Waals surface area contributed by atoms with Gasteiger partial charge in [0.2, 0.25) is 5.78 Å². The van der Waals surface area contributed by atoms with Gasteiger partial charge >= 0.3 is 0 Å². The molecule has 0 radical (unpaired) electrons. The Morgan fingerprint density at radius 3 is 2.40 bits per heavy atom. The van der Waals surface area contributed by atoms with E-state index in [1.165, 1.54) is 0 Å². The molecule has 0 amide bonds. The van der Waals surface area contributed by atoms with Crippen molar-refractivity contribution in [1.29, 1.82) is 0 Å². The Kier molecular flexibility index (Phi) is 9.82. The van der Waals surface area contributed by atoms with Crippen molar-refractivity contribution in [2.75, 3.05) is 5.75 Å². The molecular formula is C38H35ClN2O3S. The zero-order valence-corrected chi connectivity index (χ0v) is 26.8. The van der Waals surface area contributed by atoms with Crippen molar-refractivity contribution in [2.24, 2.45) is 5.16 Å². The van der Waals surface area contributed by atoms with E-state index in [9.17, 15) is 9.59 Å². The molecule has 5 nitrogen and oxygen atoms in total. The molecule has 0 saturated carbocycles. The molecule has 2 aliphatic carbocycles. The lowest BCUT2D eigenvalue weighted by Gasteiger charge is -2.11. The summed E-state index contributed by atoms with van der Waals surface area (Å²) in [6.07, 6.45) is 15.2. The number of Topliss-reactive ketones (excluding diaryl/α,β-unsaturated/α-hetero) is 2. The van der Waals surface area contributed by atoms with Crippen molar-refractivity contribution in [1.82, 2.24) is 4.57 Å². The number of benzene rings is 3. The number of aromatic nitrogens is 1. The van der Waals surface area contributed by atoms with Gasteiger partial charge in [0.25, 0.3) is 0 Å². The maximum atomic E-state index is 14.0. The molecule has 228 valence electrons. The van der Waals surface area contributed by atoms with E-state index in [0.29, 0.717) is 29.0 Å². The number of alkyl halides is 1. The van der Waals surface area contributed by atoms with E-state index >= 15 is 0 Å². The lowest BCUT2D eigenvalue weighted by molar-refractivity contribution is 0.102. The van der Waals surface area contributed by atoms with Crippen molar-refractivity contribution >= 4 is 62.4 Å². The fourth-order valence-electron chi connectivity index (χ4n) is 5.75. The highest BCUT2D eigenvalue weighted by Crippen LogP contribution is 2.32. The molecule has 6 rings (SSSR count). The van der Waals surface area contributed by atoms with Gasteiger partial charge in [-0.05, 0) is 68.1 Å². The maximum absolute atomic E-state index is 14.0. The first kappa shape index (κ1) is 30.9. The van der Waals surface area contributed by atoms with Gasteiger partial charge in [-0.1, -0.05) is 71.9 Å². The second-order valence-corrected chi connectivity index (χ2v) is 12.8. The average Bonchev–Trinajstić information content (AvgIpc) is 3.40. The molecule has 1 atom stereocenters. The Balaban J connectivity index is 1.30. The molecule has 2 aliphatic rings. The molecule has 4 aromatic rings. The number of fused-ring (bicyclic) bond motifs is 3. The fourth-order valence-corrected chi connectivity index (χ4v) is 6.83. The topological polar surface area (TPSA) is 60.7 Å². The third-order valence-corrected chi connectivity index (χ3v) is 9.46. The van der Waals surface area contributed by atoms with Crippen LogP contribution in [0, 0.1) is 0 Å². The van der Waals surface area contributed by atoms with Crippen LogP contribution in [0.3, 0.4) is 0 Å². The molecule has 0 bridgehead atoms. The molecule has 3 aromatic carbocycles. The highest BCUT2D eigenvalue weighted by atomic mass is 35.5. The zero-order valence-electron chi connectivity index (χ0n) is 25.2. The normalized spacial score (nSPS) is 16.6. The Hall–Kier alpha value is -4.13. The van der Waals surface area contributed by atoms with Crippen molar-refractivity contribution in [3.05, 3.63) is 130 Å². The second kappa shape index (κ2) is 14.3. The number of thioether (sulfide) groups is 1. The summed E-state index contributed by atoms with van der Waals surface area (Å²) in [4.78, 5) is 34.2. The van der Waals surface area contributed by atoms with E-state index in [1.807, 2.05) is 97.1 Å². The summed E-state index contributed by atoms with van der Waals surface area (Å²) >= 11 is 7.87. The minimum atomic E-state index is -0.165. The summed E-state index contributed by atoms with van der Waals surface area (Å²) in [5.41, 5.74) is 5.33. The minimum Gasteiger partial charge on any atom is -0.391 e. The number of ketones is 2. The average molecular weight is 635 g/mol. The summed E-state index contributed by atoms with van der Waals surface area (Å²) in [6.45, 7) is 3.15. The van der Waals surface area contributed by atoms with E-state index in [-0.39, 0.29) is 23.6 Å². The first-order valence-electron chi connectivity index (χ1n) is 15.4. The summed E-state index contributed by atoms with van der Waals surface area (Å²) in [5.74, 6) is 0.529. The maximum Gasteiger partial charge on any atom is 0.210 e. The predicted octanol–water partition coefficient (Wildman–Crippen LogP) is 9.60. The number of rotatable bonds is 12. The Morgan fingerprint density at radius 1 is 0.956 bits per heavy atom. The van der Waals surface area contributed by atoms with E-state index < -0.39 is 0 Å². The van der Waals surface area contributed by atoms with Crippen LogP contribution in [0.5, 0.6) is 0 Å². The number of halogens is 1. The number of nitrogens with zero attached hydrogens (tertiary/aromatic N) is 2. The van der Waals surface area contributed by atoms with E-state index in [4.69, 9.17) is 16.4 Å². The first-order chi connectivity index (χ1) is 22.0. The number of carbonyl (C=O) groups excluding carboxylic acids is 2. The number of carbonyl (C=O) groups is 2. The van der Waals surface area contributed by atoms with Crippen LogP contribution >= 0.6 is 23.4 Å². The summed E-state index contributed by atoms with van der Waals surface area (Å²) in [5, 5.41) is 6.30. The Morgan fingerprint density at radius 2 is 1.71 bits per heavy atom. The van der Waals surface area contributed by atoms with E-state index in [2.05, 4.69) is 22.7 Å². The lowest BCUT2D eigenvalue weighted by Crippen LogP contribution is -2.16. The summed E-state index contributed by atoms with van der Waals surface area (Å²) < 4.78 is 2.22. The quantitative estimate of drug-likeness (QED) is 0.0674. The van der Waals surface area contributed by atoms with Crippen molar-refractivity contribution in [3.8, 4) is 0 Å². The number of hydrogen-bond donors (Lipinski definition) is 0. The number of aryl methyl sites for hydroxylation is 1. The third-order valence-electron chi connectivity index (χ3n) is 8.09. The van der Waals surface area contributed by atoms with Gasteiger partial charge in [0.15, 0.2) is 5.78 Å². The molecule has 1 unspecified atom stereocenters. The van der Waals surface area contributed by atoms with Crippen LogP contribution < -0.4 is 0 Å². The van der Waals surface area contributed by atoms with Crippen LogP contribution in [0.25, 0.3) is 21.8 Å². The monoisotopic (exact) mass is 634 g/mol. The largest absolute Gasteiger partial charge is 0.391 e. The minimum absolute atomic E-state index is 0.0180. The van der Waals surface area contributed by atoms with Crippen molar-refractivity contribution in [3.63, 3.8) is 0 Å². The highest BCUT2D eigenvalue weighted by Gasteiger charge is 2.20. The second-order valence-electron chi connectivity index (χ2n) is 11.1. The van der Waals surface area contributed by atoms with Gasteiger partial charge in [-0.2, -0.15) is 0 Å². The van der Waals surface area contributed by atoms with Crippen LogP contribution in [-0.2, 0) is 18.0 Å². The molecule has 1 aromatic heterocycles. The summed E-state index contributed by atoms with van der Waals surface area (Å²) in [7, 11) is 0. The predicted molar refractivity (Wildman–Crippen MR) is 187 cm³/mol. The highest BCUT2D eigenvalue weighted by molar-refractivity contribution is 8.03. The van der Waals surface area contributed by atoms with Crippen LogP contribution in [0.2, 0.25) is 0 Å². The van der Waals surface area contributed by atoms with Crippen molar-refractivity contribution < 1.29 is 14.4 Å². The zero-order chi connectivity index (χ0) is 31.2. The van der Waals surface area contributed by atoms with Gasteiger partial charge in [-0.25, -0.2) is 0 Å². The van der Waals surface area contributed by atoms with Gasteiger partial charge in [-0.3, -0.25) is 9.59 Å². The molecule has 7 heteroatoms. The van der Waals surface area contributed by atoms with Gasteiger partial charge < -0.3 is 9.40 Å². The molecule has 0 aliphatic heterocycles. The summed E-state index contributed by atoms with van der Waals surface area (Å²) in [6, 6.07) is 21.5. The first-order valence-corrected chi connectivity index (χ1v) is 16.8. The SMILES string of the molecule is CCn1c2ccc(C(=O)C3=CCCC=C3)cc2c2cc(C(=O)/C(CCSC3=CCC(Cl)C=C3)=N/OCc3ccccc3)ccc21. The van der Waals surface area contributed by atoms with Crippen LogP contribution in [0.1, 0.15) is 58.9 Å². The van der Waals surface area contributed by atoms with Crippen LogP contribution in [0.4, 0.5) is 0 Å². The third kappa shape index (κ3) is 7.08. The standard InChI is InChI=1S/C38H35ClN2O3S/c1-2-41-35-19-13-28(37(42)27-11-7-4-8-12-27)23-32(35)33-24-29(14-20-36(33)41)38(43)34(40-44-25-26-9-5-3-6-10-26)21-22-45-31-17-15-30(39)16-18-31/h3,5-7,9-15,17-20,23-24,30H,2,4,8,16,21-22,25H2,1H3/b40-34+. The molecule has 0 saturated heterocycles. The van der Waals surface area contributed by atoms with Gasteiger partial charge in [0, 0.05) is 62.1 Å². The van der Waals surface area contributed by atoms with Crippen LogP contribution in [-0.4, -0.2) is 33.0 Å². The molecule has 0 spiro atoms. The fraction of sp³-hybridized carbons (Fsp3) is 0.237. The van der Waals surface area contributed by atoms with Gasteiger partial charge in [0.1, 0.15) is 12.3 Å². The Labute approximate surface area is 273 Å². The number of oxime groups is 1. The molecule has 1 heterocycles. The van der Waals surface area contributed by atoms with Gasteiger partial charge in [-0.15, -0.1) is 23.4 Å². The Bertz CT molecular complexity index is 1900. The lowest BCUT2D eigenvalue weighted by atomic mass is 9.96. The smallest absolute Gasteiger partial charge is 0.210 e.